The van der Waals surface area contributed by atoms with Gasteiger partial charge >= 0.3 is 0 Å². The van der Waals surface area contributed by atoms with E-state index in [2.05, 4.69) is 51.4 Å². The monoisotopic (exact) mass is 321 g/mol. The predicted molar refractivity (Wildman–Crippen MR) is 102 cm³/mol. The van der Waals surface area contributed by atoms with Gasteiger partial charge in [0.25, 0.3) is 0 Å². The summed E-state index contributed by atoms with van der Waals surface area (Å²) in [6.45, 7) is 20.0. The topological polar surface area (TPSA) is 12.0 Å². The molecule has 0 bridgehead atoms. The van der Waals surface area contributed by atoms with Crippen LogP contribution in [0.25, 0.3) is 0 Å². The van der Waals surface area contributed by atoms with Gasteiger partial charge in [-0.3, -0.25) is 0 Å². The van der Waals surface area contributed by atoms with Crippen LogP contribution in [-0.4, -0.2) is 12.2 Å². The molecule has 1 unspecified atom stereocenters. The largest absolute Gasteiger partial charge is 0.382 e. The zero-order valence-corrected chi connectivity index (χ0v) is 16.1. The average Bonchev–Trinajstić information content (AvgIpc) is 2.43. The quantitative estimate of drug-likeness (QED) is 0.428. The lowest BCUT2D eigenvalue weighted by molar-refractivity contribution is 0.216. The van der Waals surface area contributed by atoms with Crippen LogP contribution in [0.3, 0.4) is 0 Å². The first-order valence-electron chi connectivity index (χ1n) is 8.72. The molecule has 0 saturated carbocycles. The summed E-state index contributed by atoms with van der Waals surface area (Å²) >= 11 is 0. The molecule has 0 spiro atoms. The first-order chi connectivity index (χ1) is 10.6. The highest BCUT2D eigenvalue weighted by atomic mass is 19.1. The van der Waals surface area contributed by atoms with Gasteiger partial charge in [-0.25, -0.2) is 4.39 Å². The first-order valence-corrected chi connectivity index (χ1v) is 8.72. The Morgan fingerprint density at radius 3 is 2.26 bits per heavy atom. The van der Waals surface area contributed by atoms with E-state index in [4.69, 9.17) is 0 Å². The van der Waals surface area contributed by atoms with Gasteiger partial charge in [0, 0.05) is 12.2 Å². The van der Waals surface area contributed by atoms with Crippen molar-refractivity contribution in [2.24, 2.45) is 5.92 Å². The Kier molecular flexibility index (Phi) is 9.87. The van der Waals surface area contributed by atoms with Crippen molar-refractivity contribution < 1.29 is 4.39 Å². The molecule has 132 valence electrons. The zero-order chi connectivity index (χ0) is 18.0. The van der Waals surface area contributed by atoms with Crippen LogP contribution in [0.15, 0.2) is 47.7 Å². The number of hydrogen-bond donors (Lipinski definition) is 1. The standard InChI is InChI=1S/C21H36FN/c1-9-10-17(4)11-13-20(16(2)3)14-12-18(5)19(6)23-15-21(7,8)22/h12,14,17,23H,2,6,9-11,13,15H2,1,3-5,7-8H3/b18-12+,20-14-. The van der Waals surface area contributed by atoms with E-state index in [0.29, 0.717) is 0 Å². The summed E-state index contributed by atoms with van der Waals surface area (Å²) in [7, 11) is 0. The number of hydrogen-bond acceptors (Lipinski definition) is 1. The molecular formula is C21H36FN. The lowest BCUT2D eigenvalue weighted by atomic mass is 9.94. The Morgan fingerprint density at radius 2 is 1.78 bits per heavy atom. The van der Waals surface area contributed by atoms with Crippen LogP contribution in [-0.2, 0) is 0 Å². The third kappa shape index (κ3) is 11.0. The second-order valence-corrected chi connectivity index (χ2v) is 7.31. The van der Waals surface area contributed by atoms with Gasteiger partial charge in [-0.05, 0) is 57.6 Å². The fourth-order valence-electron chi connectivity index (χ4n) is 2.26. The van der Waals surface area contributed by atoms with E-state index in [1.54, 1.807) is 13.8 Å². The van der Waals surface area contributed by atoms with Gasteiger partial charge in [0.2, 0.25) is 0 Å². The minimum atomic E-state index is -1.24. The Balaban J connectivity index is 4.73. The van der Waals surface area contributed by atoms with Crippen LogP contribution in [0.4, 0.5) is 4.39 Å². The van der Waals surface area contributed by atoms with Crippen molar-refractivity contribution in [3.63, 3.8) is 0 Å². The molecule has 0 aliphatic rings. The second kappa shape index (κ2) is 10.5. The second-order valence-electron chi connectivity index (χ2n) is 7.31. The Labute approximate surface area is 143 Å². The molecule has 1 atom stereocenters. The summed E-state index contributed by atoms with van der Waals surface area (Å²) in [5.41, 5.74) is 2.95. The number of alkyl halides is 1. The Bertz CT molecular complexity index is 449. The lowest BCUT2D eigenvalue weighted by Gasteiger charge is -2.17. The molecule has 2 heteroatoms. The molecule has 23 heavy (non-hydrogen) atoms. The number of allylic oxidation sites excluding steroid dienone is 5. The maximum absolute atomic E-state index is 13.5. The van der Waals surface area contributed by atoms with Gasteiger partial charge in [-0.1, -0.05) is 57.6 Å². The molecule has 0 aromatic heterocycles. The van der Waals surface area contributed by atoms with E-state index in [-0.39, 0.29) is 6.54 Å². The van der Waals surface area contributed by atoms with Crippen LogP contribution in [0.1, 0.15) is 67.2 Å². The maximum atomic E-state index is 13.5. The van der Waals surface area contributed by atoms with Gasteiger partial charge < -0.3 is 5.32 Å². The fourth-order valence-corrected chi connectivity index (χ4v) is 2.26. The normalized spacial score (nSPS) is 14.6. The molecule has 0 saturated heterocycles. The summed E-state index contributed by atoms with van der Waals surface area (Å²) in [4.78, 5) is 0. The third-order valence-corrected chi connectivity index (χ3v) is 3.97. The minimum Gasteiger partial charge on any atom is -0.382 e. The fraction of sp³-hybridized carbons (Fsp3) is 0.619. The number of nitrogens with one attached hydrogen (secondary N) is 1. The molecule has 0 amide bonds. The SMILES string of the molecule is C=C(C)/C(=C\C=C(/C)C(=C)NCC(C)(C)F)CCC(C)CCC. The van der Waals surface area contributed by atoms with Crippen LogP contribution in [0.5, 0.6) is 0 Å². The van der Waals surface area contributed by atoms with E-state index in [9.17, 15) is 4.39 Å². The summed E-state index contributed by atoms with van der Waals surface area (Å²) < 4.78 is 13.5. The molecule has 0 heterocycles. The highest BCUT2D eigenvalue weighted by Crippen LogP contribution is 2.21. The molecule has 0 rings (SSSR count). The van der Waals surface area contributed by atoms with Crippen molar-refractivity contribution in [1.29, 1.82) is 0 Å². The van der Waals surface area contributed by atoms with Crippen LogP contribution < -0.4 is 5.32 Å². The summed E-state index contributed by atoms with van der Waals surface area (Å²) in [6.07, 6.45) is 8.94. The molecule has 0 aromatic carbocycles. The molecule has 0 radical (unpaired) electrons. The average molecular weight is 322 g/mol. The van der Waals surface area contributed by atoms with Crippen LogP contribution >= 0.6 is 0 Å². The van der Waals surface area contributed by atoms with Crippen molar-refractivity contribution in [3.05, 3.63) is 47.7 Å². The molecule has 1 N–H and O–H groups in total. The van der Waals surface area contributed by atoms with Gasteiger partial charge in [-0.15, -0.1) is 0 Å². The Hall–Kier alpha value is -1.31. The molecule has 0 aliphatic heterocycles. The maximum Gasteiger partial charge on any atom is 0.122 e. The summed E-state index contributed by atoms with van der Waals surface area (Å²) in [6, 6.07) is 0. The van der Waals surface area contributed by atoms with E-state index < -0.39 is 5.67 Å². The lowest BCUT2D eigenvalue weighted by Crippen LogP contribution is -2.30. The first kappa shape index (κ1) is 21.7. The predicted octanol–water partition coefficient (Wildman–Crippen LogP) is 6.50. The van der Waals surface area contributed by atoms with E-state index in [1.807, 2.05) is 6.92 Å². The third-order valence-electron chi connectivity index (χ3n) is 3.97. The number of halogens is 1. The van der Waals surface area contributed by atoms with Crippen molar-refractivity contribution in [2.75, 3.05) is 6.54 Å². The van der Waals surface area contributed by atoms with Crippen molar-refractivity contribution in [1.82, 2.24) is 5.32 Å². The van der Waals surface area contributed by atoms with Gasteiger partial charge in [-0.2, -0.15) is 0 Å². The summed E-state index contributed by atoms with van der Waals surface area (Å²) in [5.74, 6) is 0.747. The van der Waals surface area contributed by atoms with Crippen molar-refractivity contribution >= 4 is 0 Å². The van der Waals surface area contributed by atoms with E-state index in [0.717, 1.165) is 29.2 Å². The molecule has 0 aliphatic carbocycles. The highest BCUT2D eigenvalue weighted by Gasteiger charge is 2.14. The van der Waals surface area contributed by atoms with Crippen LogP contribution in [0.2, 0.25) is 0 Å². The molecule has 0 fully saturated rings. The van der Waals surface area contributed by atoms with E-state index in [1.165, 1.54) is 24.8 Å². The van der Waals surface area contributed by atoms with Crippen molar-refractivity contribution in [3.8, 4) is 0 Å². The van der Waals surface area contributed by atoms with E-state index >= 15 is 0 Å². The van der Waals surface area contributed by atoms with Gasteiger partial charge in [0.15, 0.2) is 0 Å². The molecule has 0 aromatic rings. The Morgan fingerprint density at radius 1 is 1.17 bits per heavy atom. The zero-order valence-electron chi connectivity index (χ0n) is 16.1. The smallest absolute Gasteiger partial charge is 0.122 e. The minimum absolute atomic E-state index is 0.266. The van der Waals surface area contributed by atoms with Gasteiger partial charge in [0.1, 0.15) is 5.67 Å². The highest BCUT2D eigenvalue weighted by molar-refractivity contribution is 5.35. The van der Waals surface area contributed by atoms with Crippen LogP contribution in [0, 0.1) is 5.92 Å². The molecular weight excluding hydrogens is 285 g/mol. The van der Waals surface area contributed by atoms with Crippen molar-refractivity contribution in [2.45, 2.75) is 72.9 Å². The summed E-state index contributed by atoms with van der Waals surface area (Å²) in [5, 5.41) is 3.05. The molecule has 1 nitrogen and oxygen atoms in total. The van der Waals surface area contributed by atoms with Gasteiger partial charge in [0.05, 0.1) is 0 Å². The number of rotatable bonds is 11.